The minimum atomic E-state index is -4.37. The molecule has 0 radical (unpaired) electrons. The fraction of sp³-hybridized carbons (Fsp3) is 0.308. The van der Waals surface area contributed by atoms with Crippen LogP contribution in [0.5, 0.6) is 0 Å². The molecule has 0 fully saturated rings. The van der Waals surface area contributed by atoms with E-state index in [1.54, 1.807) is 6.07 Å². The van der Waals surface area contributed by atoms with E-state index in [9.17, 15) is 13.2 Å². The SMILES string of the molecule is CCCN(c1cccc(C(F)(F)F)c1)c1ccc2c(c1)oc1cc(C(C)CC)ccc12. The number of fused-ring (bicyclic) bond motifs is 3. The Morgan fingerprint density at radius 2 is 1.55 bits per heavy atom. The summed E-state index contributed by atoms with van der Waals surface area (Å²) in [5.74, 6) is 0.453. The lowest BCUT2D eigenvalue weighted by Gasteiger charge is -2.25. The van der Waals surface area contributed by atoms with E-state index in [-0.39, 0.29) is 0 Å². The fourth-order valence-corrected chi connectivity index (χ4v) is 3.97. The van der Waals surface area contributed by atoms with Crippen molar-refractivity contribution in [1.29, 1.82) is 0 Å². The fourth-order valence-electron chi connectivity index (χ4n) is 3.97. The van der Waals surface area contributed by atoms with Crippen molar-refractivity contribution < 1.29 is 17.6 Å². The van der Waals surface area contributed by atoms with Gasteiger partial charge < -0.3 is 9.32 Å². The van der Waals surface area contributed by atoms with Crippen molar-refractivity contribution in [3.8, 4) is 0 Å². The second-order valence-electron chi connectivity index (χ2n) is 8.05. The number of halogens is 3. The summed E-state index contributed by atoms with van der Waals surface area (Å²) in [6.45, 7) is 6.97. The van der Waals surface area contributed by atoms with Crippen molar-refractivity contribution in [2.24, 2.45) is 0 Å². The number of hydrogen-bond acceptors (Lipinski definition) is 2. The van der Waals surface area contributed by atoms with E-state index in [2.05, 4.69) is 32.0 Å². The molecule has 1 atom stereocenters. The predicted molar refractivity (Wildman–Crippen MR) is 121 cm³/mol. The molecule has 162 valence electrons. The van der Waals surface area contributed by atoms with E-state index < -0.39 is 11.7 Å². The predicted octanol–water partition coefficient (Wildman–Crippen LogP) is 8.67. The Morgan fingerprint density at radius 1 is 0.871 bits per heavy atom. The van der Waals surface area contributed by atoms with Gasteiger partial charge in [-0.3, -0.25) is 0 Å². The largest absolute Gasteiger partial charge is 0.456 e. The summed E-state index contributed by atoms with van der Waals surface area (Å²) < 4.78 is 45.8. The molecule has 0 amide bonds. The first kappa shape index (κ1) is 21.3. The maximum Gasteiger partial charge on any atom is 0.416 e. The first-order chi connectivity index (χ1) is 14.8. The summed E-state index contributed by atoms with van der Waals surface area (Å²) in [5, 5.41) is 2.06. The Hall–Kier alpha value is -2.95. The summed E-state index contributed by atoms with van der Waals surface area (Å²) >= 11 is 0. The quantitative estimate of drug-likeness (QED) is 0.307. The van der Waals surface area contributed by atoms with Gasteiger partial charge in [0.1, 0.15) is 11.2 Å². The molecule has 0 aliphatic heterocycles. The molecule has 0 spiro atoms. The molecular formula is C26H26F3NO. The molecule has 1 unspecified atom stereocenters. The van der Waals surface area contributed by atoms with Gasteiger partial charge in [-0.15, -0.1) is 0 Å². The van der Waals surface area contributed by atoms with Gasteiger partial charge in [-0.1, -0.05) is 39.0 Å². The van der Waals surface area contributed by atoms with E-state index in [4.69, 9.17) is 4.42 Å². The molecule has 0 aliphatic rings. The molecule has 4 aromatic rings. The lowest BCUT2D eigenvalue weighted by Crippen LogP contribution is -2.18. The van der Waals surface area contributed by atoms with Crippen LogP contribution < -0.4 is 4.90 Å². The second kappa shape index (κ2) is 8.29. The number of hydrogen-bond donors (Lipinski definition) is 0. The molecule has 0 N–H and O–H groups in total. The molecule has 0 saturated carbocycles. The average Bonchev–Trinajstić information content (AvgIpc) is 3.13. The third-order valence-electron chi connectivity index (χ3n) is 5.91. The highest BCUT2D eigenvalue weighted by Gasteiger charge is 2.31. The van der Waals surface area contributed by atoms with Crippen LogP contribution >= 0.6 is 0 Å². The van der Waals surface area contributed by atoms with Gasteiger partial charge in [0.05, 0.1) is 5.56 Å². The van der Waals surface area contributed by atoms with Crippen LogP contribution in [0.25, 0.3) is 21.9 Å². The Bertz CT molecular complexity index is 1210. The molecule has 3 aromatic carbocycles. The summed E-state index contributed by atoms with van der Waals surface area (Å²) in [6.07, 6.45) is -2.52. The number of rotatable bonds is 6. The van der Waals surface area contributed by atoms with Crippen molar-refractivity contribution in [3.05, 3.63) is 71.8 Å². The zero-order valence-corrected chi connectivity index (χ0v) is 18.0. The van der Waals surface area contributed by atoms with Crippen LogP contribution in [0, 0.1) is 0 Å². The third kappa shape index (κ3) is 4.14. The molecule has 1 heterocycles. The third-order valence-corrected chi connectivity index (χ3v) is 5.91. The number of furan rings is 1. The van der Waals surface area contributed by atoms with Gasteiger partial charge >= 0.3 is 6.18 Å². The maximum atomic E-state index is 13.2. The van der Waals surface area contributed by atoms with Crippen molar-refractivity contribution in [3.63, 3.8) is 0 Å². The van der Waals surface area contributed by atoms with E-state index >= 15 is 0 Å². The minimum Gasteiger partial charge on any atom is -0.456 e. The van der Waals surface area contributed by atoms with Gasteiger partial charge in [-0.25, -0.2) is 0 Å². The molecule has 31 heavy (non-hydrogen) atoms. The van der Waals surface area contributed by atoms with Crippen molar-refractivity contribution >= 4 is 33.3 Å². The maximum absolute atomic E-state index is 13.2. The van der Waals surface area contributed by atoms with Crippen LogP contribution in [-0.2, 0) is 6.18 Å². The highest BCUT2D eigenvalue weighted by atomic mass is 19.4. The van der Waals surface area contributed by atoms with Crippen LogP contribution in [0.2, 0.25) is 0 Å². The first-order valence-corrected chi connectivity index (χ1v) is 10.7. The topological polar surface area (TPSA) is 16.4 Å². The average molecular weight is 425 g/mol. The molecule has 4 rings (SSSR count). The molecule has 5 heteroatoms. The van der Waals surface area contributed by atoms with Crippen molar-refractivity contribution in [2.75, 3.05) is 11.4 Å². The van der Waals surface area contributed by atoms with Crippen LogP contribution in [0.15, 0.2) is 65.1 Å². The Morgan fingerprint density at radius 3 is 2.23 bits per heavy atom. The monoisotopic (exact) mass is 425 g/mol. The number of anilines is 2. The second-order valence-corrected chi connectivity index (χ2v) is 8.05. The summed E-state index contributed by atoms with van der Waals surface area (Å²) in [4.78, 5) is 1.91. The first-order valence-electron chi connectivity index (χ1n) is 10.7. The highest BCUT2D eigenvalue weighted by Crippen LogP contribution is 2.37. The number of alkyl halides is 3. The Balaban J connectivity index is 1.78. The molecule has 2 nitrogen and oxygen atoms in total. The summed E-state index contributed by atoms with van der Waals surface area (Å²) in [6, 6.07) is 17.7. The van der Waals surface area contributed by atoms with E-state index in [0.717, 1.165) is 46.5 Å². The smallest absolute Gasteiger partial charge is 0.416 e. The van der Waals surface area contributed by atoms with Gasteiger partial charge in [0.25, 0.3) is 0 Å². The molecule has 0 aliphatic carbocycles. The van der Waals surface area contributed by atoms with Gasteiger partial charge in [0, 0.05) is 34.8 Å². The zero-order valence-electron chi connectivity index (χ0n) is 18.0. The highest BCUT2D eigenvalue weighted by molar-refractivity contribution is 6.06. The molecule has 1 aromatic heterocycles. The van der Waals surface area contributed by atoms with Gasteiger partial charge in [0.2, 0.25) is 0 Å². The van der Waals surface area contributed by atoms with Crippen molar-refractivity contribution in [1.82, 2.24) is 0 Å². The molecule has 0 bridgehead atoms. The number of nitrogens with zero attached hydrogens (tertiary/aromatic N) is 1. The molecular weight excluding hydrogens is 399 g/mol. The van der Waals surface area contributed by atoms with E-state index in [1.165, 1.54) is 17.7 Å². The van der Waals surface area contributed by atoms with Gasteiger partial charge in [-0.2, -0.15) is 13.2 Å². The van der Waals surface area contributed by atoms with E-state index in [0.29, 0.717) is 18.2 Å². The van der Waals surface area contributed by atoms with E-state index in [1.807, 2.05) is 30.0 Å². The van der Waals surface area contributed by atoms with Gasteiger partial charge in [-0.05, 0) is 60.7 Å². The summed E-state index contributed by atoms with van der Waals surface area (Å²) in [7, 11) is 0. The van der Waals surface area contributed by atoms with Crippen LogP contribution in [0.1, 0.15) is 50.7 Å². The Labute approximate surface area is 180 Å². The lowest BCUT2D eigenvalue weighted by atomic mass is 9.97. The minimum absolute atomic E-state index is 0.453. The standard InChI is InChI=1S/C26H26F3NO/c1-4-13-30(20-8-6-7-19(15-20)26(27,28)29)21-10-12-23-22-11-9-18(17(3)5-2)14-24(22)31-25(23)16-21/h6-12,14-17H,4-5,13H2,1-3H3. The Kier molecular flexibility index (Phi) is 5.69. The summed E-state index contributed by atoms with van der Waals surface area (Å²) in [5.41, 5.74) is 3.51. The van der Waals surface area contributed by atoms with Crippen molar-refractivity contribution in [2.45, 2.75) is 45.7 Å². The number of benzene rings is 3. The normalized spacial score (nSPS) is 13.1. The molecule has 0 saturated heterocycles. The van der Waals surface area contributed by atoms with Gasteiger partial charge in [0.15, 0.2) is 0 Å². The van der Waals surface area contributed by atoms with Crippen LogP contribution in [-0.4, -0.2) is 6.54 Å². The van der Waals surface area contributed by atoms with Crippen LogP contribution in [0.3, 0.4) is 0 Å². The van der Waals surface area contributed by atoms with Crippen LogP contribution in [0.4, 0.5) is 24.5 Å². The zero-order chi connectivity index (χ0) is 22.2. The lowest BCUT2D eigenvalue weighted by molar-refractivity contribution is -0.137.